The second-order valence-corrected chi connectivity index (χ2v) is 7.59. The van der Waals surface area contributed by atoms with Crippen LogP contribution in [0.5, 0.6) is 5.75 Å². The number of phenols is 1. The number of phenolic OH excluding ortho intramolecular Hbond substituents is 1. The van der Waals surface area contributed by atoms with Gasteiger partial charge in [0.15, 0.2) is 6.10 Å². The zero-order valence-corrected chi connectivity index (χ0v) is 19.5. The lowest BCUT2D eigenvalue weighted by Crippen LogP contribution is -2.28. The number of benzene rings is 3. The summed E-state index contributed by atoms with van der Waals surface area (Å²) in [7, 11) is 0. The van der Waals surface area contributed by atoms with Crippen molar-refractivity contribution in [1.29, 1.82) is 5.26 Å². The number of rotatable bonds is 9. The first-order chi connectivity index (χ1) is 17.4. The van der Waals surface area contributed by atoms with Crippen molar-refractivity contribution in [2.75, 3.05) is 23.0 Å². The van der Waals surface area contributed by atoms with Crippen LogP contribution in [0.4, 0.5) is 21.9 Å². The largest absolute Gasteiger partial charge is 0.508 e. The van der Waals surface area contributed by atoms with E-state index in [0.717, 1.165) is 0 Å². The van der Waals surface area contributed by atoms with E-state index in [1.54, 1.807) is 67.6 Å². The first-order valence-electron chi connectivity index (χ1n) is 11.1. The molecule has 0 aromatic heterocycles. The quantitative estimate of drug-likeness (QED) is 0.252. The van der Waals surface area contributed by atoms with Gasteiger partial charge in [0.25, 0.3) is 0 Å². The van der Waals surface area contributed by atoms with Crippen LogP contribution in [-0.2, 0) is 14.3 Å². The van der Waals surface area contributed by atoms with Crippen molar-refractivity contribution in [2.24, 2.45) is 0 Å². The number of amides is 2. The maximum absolute atomic E-state index is 12.7. The van der Waals surface area contributed by atoms with Crippen LogP contribution in [-0.4, -0.2) is 29.8 Å². The maximum atomic E-state index is 12.7. The highest BCUT2D eigenvalue weighted by Gasteiger charge is 2.26. The molecule has 9 heteroatoms. The molecule has 0 fully saturated rings. The number of anilines is 3. The fourth-order valence-corrected chi connectivity index (χ4v) is 3.28. The van der Waals surface area contributed by atoms with Gasteiger partial charge in [0, 0.05) is 18.4 Å². The number of para-hydroxylation sites is 2. The minimum Gasteiger partial charge on any atom is -0.508 e. The highest BCUT2D eigenvalue weighted by atomic mass is 16.6. The molecule has 2 atom stereocenters. The number of nitrogen functional groups attached to an aromatic ring is 1. The zero-order valence-electron chi connectivity index (χ0n) is 19.5. The number of nitrogens with zero attached hydrogens (tertiary/aromatic N) is 1. The lowest BCUT2D eigenvalue weighted by atomic mass is 10.0. The van der Waals surface area contributed by atoms with E-state index in [9.17, 15) is 14.7 Å². The first kappa shape index (κ1) is 25.8. The summed E-state index contributed by atoms with van der Waals surface area (Å²) in [5, 5.41) is 23.9. The minimum atomic E-state index is -0.949. The number of hydrogen-bond donors (Lipinski definition) is 4. The number of ether oxygens (including phenoxy) is 2. The number of nitriles is 1. The Morgan fingerprint density at radius 3 is 2.39 bits per heavy atom. The summed E-state index contributed by atoms with van der Waals surface area (Å²) in [6, 6.07) is 21.3. The molecule has 0 spiro atoms. The van der Waals surface area contributed by atoms with Crippen molar-refractivity contribution in [2.45, 2.75) is 19.1 Å². The normalized spacial score (nSPS) is 12.3. The Labute approximate surface area is 208 Å². The van der Waals surface area contributed by atoms with E-state index in [4.69, 9.17) is 20.5 Å². The minimum absolute atomic E-state index is 0.0443. The molecular formula is C27H26N4O5. The lowest BCUT2D eigenvalue weighted by molar-refractivity contribution is -0.112. The van der Waals surface area contributed by atoms with Crippen LogP contribution in [0.25, 0.3) is 0 Å². The molecule has 0 bridgehead atoms. The summed E-state index contributed by atoms with van der Waals surface area (Å²) < 4.78 is 11.5. The maximum Gasteiger partial charge on any atom is 0.412 e. The molecule has 0 aliphatic heterocycles. The van der Waals surface area contributed by atoms with Crippen LogP contribution < -0.4 is 16.4 Å². The van der Waals surface area contributed by atoms with Crippen LogP contribution in [0, 0.1) is 11.3 Å². The number of carbonyl (C=O) groups excluding carboxylic acids is 2. The van der Waals surface area contributed by atoms with Gasteiger partial charge in [0.1, 0.15) is 11.9 Å². The van der Waals surface area contributed by atoms with E-state index >= 15 is 0 Å². The van der Waals surface area contributed by atoms with Crippen LogP contribution in [0.15, 0.2) is 84.9 Å². The molecule has 0 aliphatic rings. The zero-order chi connectivity index (χ0) is 25.9. The third-order valence-corrected chi connectivity index (χ3v) is 5.03. The predicted molar refractivity (Wildman–Crippen MR) is 136 cm³/mol. The summed E-state index contributed by atoms with van der Waals surface area (Å²) in [6.45, 7) is 2.05. The molecule has 3 rings (SSSR count). The summed E-state index contributed by atoms with van der Waals surface area (Å²) in [4.78, 5) is 25.2. The summed E-state index contributed by atoms with van der Waals surface area (Å²) in [5.41, 5.74) is 8.20. The fourth-order valence-electron chi connectivity index (χ4n) is 3.28. The lowest BCUT2D eigenvalue weighted by Gasteiger charge is -2.25. The Hall–Kier alpha value is -4.81. The number of nitrogens with one attached hydrogen (secondary N) is 2. The summed E-state index contributed by atoms with van der Waals surface area (Å²) >= 11 is 0. The van der Waals surface area contributed by atoms with Crippen LogP contribution in [0.2, 0.25) is 0 Å². The SMILES string of the molecule is CCO[C@@H](/C=C/C(=O)Nc1ccccc1N)[C@@H](OC(=O)Nc1ccc(C#N)cc1)c1ccc(O)cc1. The van der Waals surface area contributed by atoms with E-state index in [1.165, 1.54) is 24.3 Å². The van der Waals surface area contributed by atoms with Crippen molar-refractivity contribution in [1.82, 2.24) is 0 Å². The third-order valence-electron chi connectivity index (χ3n) is 5.03. The van der Waals surface area contributed by atoms with Gasteiger partial charge in [0.05, 0.1) is 23.0 Å². The summed E-state index contributed by atoms with van der Waals surface area (Å²) in [5.74, 6) is -0.396. The van der Waals surface area contributed by atoms with Crippen molar-refractivity contribution < 1.29 is 24.2 Å². The van der Waals surface area contributed by atoms with Crippen molar-refractivity contribution in [3.8, 4) is 11.8 Å². The number of nitrogens with two attached hydrogens (primary N) is 1. The van der Waals surface area contributed by atoms with Gasteiger partial charge in [-0.1, -0.05) is 24.3 Å². The molecule has 0 saturated heterocycles. The average molecular weight is 487 g/mol. The Kier molecular flexibility index (Phi) is 9.03. The monoisotopic (exact) mass is 486 g/mol. The number of carbonyl (C=O) groups is 2. The van der Waals surface area contributed by atoms with Gasteiger partial charge in [-0.25, -0.2) is 4.79 Å². The molecule has 2 amide bonds. The van der Waals surface area contributed by atoms with Gasteiger partial charge >= 0.3 is 6.09 Å². The van der Waals surface area contributed by atoms with Crippen molar-refractivity contribution in [3.05, 3.63) is 96.1 Å². The van der Waals surface area contributed by atoms with Gasteiger partial charge < -0.3 is 25.6 Å². The molecule has 3 aromatic carbocycles. The topological polar surface area (TPSA) is 147 Å². The van der Waals surface area contributed by atoms with E-state index in [2.05, 4.69) is 10.6 Å². The van der Waals surface area contributed by atoms with Crippen molar-refractivity contribution in [3.63, 3.8) is 0 Å². The second kappa shape index (κ2) is 12.6. The number of aromatic hydroxyl groups is 1. The van der Waals surface area contributed by atoms with Gasteiger partial charge in [-0.3, -0.25) is 10.1 Å². The molecule has 5 N–H and O–H groups in total. The van der Waals surface area contributed by atoms with E-state index in [1.807, 2.05) is 6.07 Å². The average Bonchev–Trinajstić information content (AvgIpc) is 2.88. The Bertz CT molecular complexity index is 1250. The molecular weight excluding hydrogens is 460 g/mol. The van der Waals surface area contributed by atoms with Crippen molar-refractivity contribution >= 4 is 29.1 Å². The molecule has 0 unspecified atom stereocenters. The molecule has 3 aromatic rings. The van der Waals surface area contributed by atoms with Gasteiger partial charge in [-0.15, -0.1) is 0 Å². The highest BCUT2D eigenvalue weighted by Crippen LogP contribution is 2.27. The molecule has 36 heavy (non-hydrogen) atoms. The first-order valence-corrected chi connectivity index (χ1v) is 11.1. The Balaban J connectivity index is 1.80. The predicted octanol–water partition coefficient (Wildman–Crippen LogP) is 4.74. The van der Waals surface area contributed by atoms with E-state index in [-0.39, 0.29) is 12.4 Å². The van der Waals surface area contributed by atoms with Gasteiger partial charge in [-0.2, -0.15) is 5.26 Å². The molecule has 0 radical (unpaired) electrons. The summed E-state index contributed by atoms with van der Waals surface area (Å²) in [6.07, 6.45) is 0.226. The van der Waals surface area contributed by atoms with Crippen LogP contribution >= 0.6 is 0 Å². The fraction of sp³-hybridized carbons (Fsp3) is 0.148. The van der Waals surface area contributed by atoms with Gasteiger partial charge in [0.2, 0.25) is 5.91 Å². The van der Waals surface area contributed by atoms with E-state index in [0.29, 0.717) is 28.2 Å². The van der Waals surface area contributed by atoms with E-state index < -0.39 is 24.2 Å². The number of hydrogen-bond acceptors (Lipinski definition) is 7. The standard InChI is InChI=1S/C27H26N4O5/c1-2-35-24(15-16-25(33)31-23-6-4-3-5-22(23)29)26(19-9-13-21(32)14-10-19)36-27(34)30-20-11-7-18(17-28)8-12-20/h3-16,24,26,32H,2,29H2,1H3,(H,30,34)(H,31,33)/b16-15+/t24-,26-/m0/s1. The Morgan fingerprint density at radius 2 is 1.75 bits per heavy atom. The molecule has 0 aliphatic carbocycles. The second-order valence-electron chi connectivity index (χ2n) is 7.59. The van der Waals surface area contributed by atoms with Gasteiger partial charge in [-0.05, 0) is 67.1 Å². The van der Waals surface area contributed by atoms with Crippen LogP contribution in [0.3, 0.4) is 0 Å². The molecule has 0 saturated carbocycles. The molecule has 9 nitrogen and oxygen atoms in total. The third kappa shape index (κ3) is 7.35. The molecule has 0 heterocycles. The smallest absolute Gasteiger partial charge is 0.412 e. The van der Waals surface area contributed by atoms with Crippen LogP contribution in [0.1, 0.15) is 24.2 Å². The highest BCUT2D eigenvalue weighted by molar-refractivity contribution is 6.01. The Morgan fingerprint density at radius 1 is 1.06 bits per heavy atom. The molecule has 184 valence electrons.